The van der Waals surface area contributed by atoms with Gasteiger partial charge in [-0.1, -0.05) is 6.07 Å². The first kappa shape index (κ1) is 8.23. The van der Waals surface area contributed by atoms with Crippen LogP contribution in [0.3, 0.4) is 0 Å². The molecule has 1 aromatic rings. The molecular formula is C10H13N3. The second-order valence-corrected chi connectivity index (χ2v) is 3.18. The van der Waals surface area contributed by atoms with Crippen molar-refractivity contribution >= 4 is 12.0 Å². The Morgan fingerprint density at radius 3 is 3.08 bits per heavy atom. The number of pyridine rings is 1. The van der Waals surface area contributed by atoms with Crippen molar-refractivity contribution < 1.29 is 0 Å². The van der Waals surface area contributed by atoms with Crippen molar-refractivity contribution in [3.8, 4) is 0 Å². The van der Waals surface area contributed by atoms with E-state index in [1.54, 1.807) is 0 Å². The summed E-state index contributed by atoms with van der Waals surface area (Å²) in [4.78, 5) is 10.8. The lowest BCUT2D eigenvalue weighted by Crippen LogP contribution is -2.32. The lowest BCUT2D eigenvalue weighted by atomic mass is 10.2. The Labute approximate surface area is 78.1 Å². The minimum Gasteiger partial charge on any atom is -0.349 e. The molecule has 1 aromatic heterocycles. The maximum Gasteiger partial charge on any atom is 0.131 e. The van der Waals surface area contributed by atoms with E-state index in [2.05, 4.69) is 27.9 Å². The molecule has 0 N–H and O–H groups in total. The summed E-state index contributed by atoms with van der Waals surface area (Å²) in [6, 6.07) is 4.06. The Morgan fingerprint density at radius 2 is 2.38 bits per heavy atom. The molecule has 3 nitrogen and oxygen atoms in total. The van der Waals surface area contributed by atoms with Crippen LogP contribution in [0.2, 0.25) is 0 Å². The number of rotatable bonds is 1. The smallest absolute Gasteiger partial charge is 0.131 e. The van der Waals surface area contributed by atoms with E-state index in [9.17, 15) is 0 Å². The van der Waals surface area contributed by atoms with Crippen molar-refractivity contribution in [1.82, 2.24) is 4.98 Å². The summed E-state index contributed by atoms with van der Waals surface area (Å²) < 4.78 is 0. The molecule has 2 rings (SSSR count). The van der Waals surface area contributed by atoms with Crippen LogP contribution >= 0.6 is 0 Å². The zero-order valence-corrected chi connectivity index (χ0v) is 7.77. The second kappa shape index (κ2) is 3.56. The number of hydrogen-bond acceptors (Lipinski definition) is 3. The van der Waals surface area contributed by atoms with Crippen molar-refractivity contribution in [2.45, 2.75) is 6.92 Å². The van der Waals surface area contributed by atoms with Crippen molar-refractivity contribution in [2.24, 2.45) is 4.99 Å². The summed E-state index contributed by atoms with van der Waals surface area (Å²) in [6.45, 7) is 4.84. The third-order valence-electron chi connectivity index (χ3n) is 2.21. The quantitative estimate of drug-likeness (QED) is 0.643. The highest BCUT2D eigenvalue weighted by atomic mass is 15.2. The predicted molar refractivity (Wildman–Crippen MR) is 54.5 cm³/mol. The van der Waals surface area contributed by atoms with Gasteiger partial charge < -0.3 is 4.90 Å². The number of anilines is 1. The molecule has 0 aromatic carbocycles. The van der Waals surface area contributed by atoms with Gasteiger partial charge in [-0.25, -0.2) is 4.98 Å². The van der Waals surface area contributed by atoms with Gasteiger partial charge in [0.25, 0.3) is 0 Å². The minimum absolute atomic E-state index is 0.885. The maximum atomic E-state index is 4.37. The molecule has 0 atom stereocenters. The van der Waals surface area contributed by atoms with E-state index in [1.807, 2.05) is 18.5 Å². The molecule has 0 aliphatic carbocycles. The van der Waals surface area contributed by atoms with Crippen LogP contribution in [0.5, 0.6) is 0 Å². The van der Waals surface area contributed by atoms with Crippen LogP contribution in [0, 0.1) is 6.92 Å². The summed E-state index contributed by atoms with van der Waals surface area (Å²) in [5.74, 6) is 1.09. The Balaban J connectivity index is 2.24. The molecule has 1 aliphatic rings. The van der Waals surface area contributed by atoms with Crippen LogP contribution in [0.15, 0.2) is 23.3 Å². The van der Waals surface area contributed by atoms with Gasteiger partial charge in [0.05, 0.1) is 13.1 Å². The highest BCUT2D eigenvalue weighted by molar-refractivity contribution is 5.67. The highest BCUT2D eigenvalue weighted by Crippen LogP contribution is 2.15. The molecule has 13 heavy (non-hydrogen) atoms. The van der Waals surface area contributed by atoms with Crippen molar-refractivity contribution in [2.75, 3.05) is 24.5 Å². The van der Waals surface area contributed by atoms with E-state index in [0.717, 1.165) is 25.5 Å². The third-order valence-corrected chi connectivity index (χ3v) is 2.21. The molecule has 3 heteroatoms. The minimum atomic E-state index is 0.885. The van der Waals surface area contributed by atoms with Gasteiger partial charge >= 0.3 is 0 Å². The van der Waals surface area contributed by atoms with Gasteiger partial charge in [0.1, 0.15) is 5.82 Å². The average Bonchev–Trinajstić information content (AvgIpc) is 2.20. The van der Waals surface area contributed by atoms with Crippen molar-refractivity contribution in [1.29, 1.82) is 0 Å². The van der Waals surface area contributed by atoms with Crippen molar-refractivity contribution in [3.05, 3.63) is 23.9 Å². The molecular weight excluding hydrogens is 162 g/mol. The molecule has 0 spiro atoms. The van der Waals surface area contributed by atoms with Gasteiger partial charge in [0, 0.05) is 19.0 Å². The molecule has 0 unspecified atom stereocenters. The van der Waals surface area contributed by atoms with E-state index in [-0.39, 0.29) is 0 Å². The molecule has 0 bridgehead atoms. The number of hydrogen-bond donors (Lipinski definition) is 0. The first-order valence-electron chi connectivity index (χ1n) is 4.53. The van der Waals surface area contributed by atoms with Crippen LogP contribution < -0.4 is 4.90 Å². The highest BCUT2D eigenvalue weighted by Gasteiger charge is 2.10. The number of nitrogens with zero attached hydrogens (tertiary/aromatic N) is 3. The summed E-state index contributed by atoms with van der Waals surface area (Å²) in [7, 11) is 0. The fourth-order valence-electron chi connectivity index (χ4n) is 1.52. The Kier molecular flexibility index (Phi) is 2.25. The van der Waals surface area contributed by atoms with Gasteiger partial charge in [-0.2, -0.15) is 0 Å². The molecule has 1 aliphatic heterocycles. The first-order valence-corrected chi connectivity index (χ1v) is 4.53. The molecule has 0 saturated carbocycles. The lowest BCUT2D eigenvalue weighted by molar-refractivity contribution is 0.814. The van der Waals surface area contributed by atoms with E-state index in [0.29, 0.717) is 0 Å². The average molecular weight is 175 g/mol. The Hall–Kier alpha value is -1.38. The number of aliphatic imine (C=N–C) groups is 1. The molecule has 0 fully saturated rings. The Bertz CT molecular complexity index is 320. The third kappa shape index (κ3) is 1.69. The standard InChI is InChI=1S/C10H13N3/c1-9-3-2-4-12-10(9)13-7-5-11-6-8-13/h2-5H,6-8H2,1H3. The van der Waals surface area contributed by atoms with Crippen molar-refractivity contribution in [3.63, 3.8) is 0 Å². The lowest BCUT2D eigenvalue weighted by Gasteiger charge is -2.25. The monoisotopic (exact) mass is 175 g/mol. The fourth-order valence-corrected chi connectivity index (χ4v) is 1.52. The molecule has 2 heterocycles. The summed E-state index contributed by atoms with van der Waals surface area (Å²) >= 11 is 0. The summed E-state index contributed by atoms with van der Waals surface area (Å²) in [6.07, 6.45) is 3.80. The van der Waals surface area contributed by atoms with Gasteiger partial charge in [-0.3, -0.25) is 4.99 Å². The first-order chi connectivity index (χ1) is 6.38. The number of aromatic nitrogens is 1. The maximum absolute atomic E-state index is 4.37. The summed E-state index contributed by atoms with van der Waals surface area (Å²) in [5.41, 5.74) is 1.23. The summed E-state index contributed by atoms with van der Waals surface area (Å²) in [5, 5.41) is 0. The van der Waals surface area contributed by atoms with E-state index in [1.165, 1.54) is 5.56 Å². The van der Waals surface area contributed by atoms with E-state index in [4.69, 9.17) is 0 Å². The molecule has 0 amide bonds. The second-order valence-electron chi connectivity index (χ2n) is 3.18. The Morgan fingerprint density at radius 1 is 1.46 bits per heavy atom. The van der Waals surface area contributed by atoms with Gasteiger partial charge in [0.2, 0.25) is 0 Å². The van der Waals surface area contributed by atoms with Gasteiger partial charge in [-0.15, -0.1) is 0 Å². The van der Waals surface area contributed by atoms with Gasteiger partial charge in [0.15, 0.2) is 0 Å². The number of aryl methyl sites for hydroxylation is 1. The van der Waals surface area contributed by atoms with Crippen LogP contribution in [0.25, 0.3) is 0 Å². The van der Waals surface area contributed by atoms with E-state index < -0.39 is 0 Å². The predicted octanol–water partition coefficient (Wildman–Crippen LogP) is 1.28. The largest absolute Gasteiger partial charge is 0.349 e. The fraction of sp³-hybridized carbons (Fsp3) is 0.400. The molecule has 68 valence electrons. The zero-order valence-electron chi connectivity index (χ0n) is 7.77. The molecule has 0 saturated heterocycles. The topological polar surface area (TPSA) is 28.5 Å². The normalized spacial score (nSPS) is 16.2. The van der Waals surface area contributed by atoms with Crippen LogP contribution in [0.1, 0.15) is 5.56 Å². The van der Waals surface area contributed by atoms with Crippen LogP contribution in [0.4, 0.5) is 5.82 Å². The SMILES string of the molecule is Cc1cccnc1N1CC=NCC1. The van der Waals surface area contributed by atoms with Gasteiger partial charge in [-0.05, 0) is 18.6 Å². The van der Waals surface area contributed by atoms with Crippen LogP contribution in [-0.4, -0.2) is 30.8 Å². The van der Waals surface area contributed by atoms with E-state index >= 15 is 0 Å². The zero-order chi connectivity index (χ0) is 9.10. The molecule has 0 radical (unpaired) electrons. The van der Waals surface area contributed by atoms with Crippen LogP contribution in [-0.2, 0) is 0 Å².